The Labute approximate surface area is 188 Å². The summed E-state index contributed by atoms with van der Waals surface area (Å²) >= 11 is 0. The molecule has 0 aromatic carbocycles. The maximum absolute atomic E-state index is 6.14. The van der Waals surface area contributed by atoms with Gasteiger partial charge in [-0.05, 0) is 30.6 Å². The second-order valence-corrected chi connectivity index (χ2v) is 9.50. The van der Waals surface area contributed by atoms with Crippen molar-refractivity contribution in [3.05, 3.63) is 0 Å². The Balaban J connectivity index is 0.00000280. The van der Waals surface area contributed by atoms with Crippen LogP contribution >= 0.6 is 24.0 Å². The van der Waals surface area contributed by atoms with Crippen molar-refractivity contribution in [2.75, 3.05) is 66.1 Å². The van der Waals surface area contributed by atoms with E-state index in [1.807, 2.05) is 7.05 Å². The highest BCUT2D eigenvalue weighted by Crippen LogP contribution is 2.33. The molecule has 0 saturated carbocycles. The lowest BCUT2D eigenvalue weighted by Crippen LogP contribution is -2.48. The molecule has 6 nitrogen and oxygen atoms in total. The molecular weight excluding hydrogens is 467 g/mol. The lowest BCUT2D eigenvalue weighted by atomic mass is 9.78. The molecule has 0 radical (unpaired) electrons. The van der Waals surface area contributed by atoms with E-state index in [0.29, 0.717) is 12.0 Å². The molecule has 3 fully saturated rings. The minimum atomic E-state index is 0. The van der Waals surface area contributed by atoms with Gasteiger partial charge in [0.15, 0.2) is 5.96 Å². The SMILES string of the molecule is CN=C(NCC1CCCOC1C(C)(C)C)N1CCC(CN2CCOCC2)C1.I. The van der Waals surface area contributed by atoms with E-state index in [1.54, 1.807) is 0 Å². The zero-order valence-corrected chi connectivity index (χ0v) is 20.6. The van der Waals surface area contributed by atoms with Crippen molar-refractivity contribution in [3.8, 4) is 0 Å². The first kappa shape index (κ1) is 24.2. The number of nitrogens with zero attached hydrogens (tertiary/aromatic N) is 3. The summed E-state index contributed by atoms with van der Waals surface area (Å²) in [5.74, 6) is 2.36. The molecule has 3 heterocycles. The van der Waals surface area contributed by atoms with Crippen molar-refractivity contribution in [2.24, 2.45) is 22.2 Å². The zero-order valence-electron chi connectivity index (χ0n) is 18.3. The molecule has 3 saturated heterocycles. The topological polar surface area (TPSA) is 49.3 Å². The molecule has 0 aliphatic carbocycles. The molecule has 3 atom stereocenters. The Morgan fingerprint density at radius 3 is 2.54 bits per heavy atom. The van der Waals surface area contributed by atoms with Crippen molar-refractivity contribution in [1.29, 1.82) is 0 Å². The van der Waals surface area contributed by atoms with Crippen LogP contribution < -0.4 is 5.32 Å². The van der Waals surface area contributed by atoms with E-state index in [9.17, 15) is 0 Å². The van der Waals surface area contributed by atoms with Gasteiger partial charge in [0, 0.05) is 58.8 Å². The number of morpholine rings is 1. The van der Waals surface area contributed by atoms with Crippen LogP contribution in [0.4, 0.5) is 0 Å². The van der Waals surface area contributed by atoms with Crippen molar-refractivity contribution in [3.63, 3.8) is 0 Å². The Bertz CT molecular complexity index is 491. The summed E-state index contributed by atoms with van der Waals surface area (Å²) in [5.41, 5.74) is 0.188. The molecule has 28 heavy (non-hydrogen) atoms. The second kappa shape index (κ2) is 11.3. The van der Waals surface area contributed by atoms with Crippen LogP contribution in [0.3, 0.4) is 0 Å². The van der Waals surface area contributed by atoms with E-state index < -0.39 is 0 Å². The Hall–Kier alpha value is -0.120. The number of rotatable bonds is 4. The fraction of sp³-hybridized carbons (Fsp3) is 0.952. The number of hydrogen-bond donors (Lipinski definition) is 1. The van der Waals surface area contributed by atoms with Crippen LogP contribution in [0.15, 0.2) is 4.99 Å². The van der Waals surface area contributed by atoms with E-state index >= 15 is 0 Å². The van der Waals surface area contributed by atoms with Crippen LogP contribution in [-0.4, -0.2) is 88.0 Å². The lowest BCUT2D eigenvalue weighted by Gasteiger charge is -2.40. The predicted molar refractivity (Wildman–Crippen MR) is 126 cm³/mol. The Kier molecular flexibility index (Phi) is 9.76. The van der Waals surface area contributed by atoms with E-state index in [4.69, 9.17) is 9.47 Å². The molecule has 0 spiro atoms. The van der Waals surface area contributed by atoms with Crippen LogP contribution in [0.2, 0.25) is 0 Å². The summed E-state index contributed by atoms with van der Waals surface area (Å²) in [6, 6.07) is 0. The molecule has 7 heteroatoms. The second-order valence-electron chi connectivity index (χ2n) is 9.50. The molecule has 0 aromatic heterocycles. The minimum absolute atomic E-state index is 0. The highest BCUT2D eigenvalue weighted by molar-refractivity contribution is 14.0. The van der Waals surface area contributed by atoms with Crippen molar-refractivity contribution in [1.82, 2.24) is 15.1 Å². The van der Waals surface area contributed by atoms with Crippen molar-refractivity contribution < 1.29 is 9.47 Å². The molecule has 0 aromatic rings. The van der Waals surface area contributed by atoms with Gasteiger partial charge in [-0.1, -0.05) is 20.8 Å². The summed E-state index contributed by atoms with van der Waals surface area (Å²) in [5, 5.41) is 3.67. The average Bonchev–Trinajstić information content (AvgIpc) is 3.11. The Morgan fingerprint density at radius 1 is 1.11 bits per heavy atom. The summed E-state index contributed by atoms with van der Waals surface area (Å²) in [4.78, 5) is 9.58. The molecule has 0 amide bonds. The molecule has 0 bridgehead atoms. The van der Waals surface area contributed by atoms with Crippen LogP contribution in [-0.2, 0) is 9.47 Å². The van der Waals surface area contributed by atoms with Crippen LogP contribution in [0.25, 0.3) is 0 Å². The molecule has 3 aliphatic heterocycles. The van der Waals surface area contributed by atoms with E-state index in [1.165, 1.54) is 25.8 Å². The highest BCUT2D eigenvalue weighted by atomic mass is 127. The maximum Gasteiger partial charge on any atom is 0.193 e. The third-order valence-electron chi connectivity index (χ3n) is 6.24. The van der Waals surface area contributed by atoms with Gasteiger partial charge in [0.1, 0.15) is 0 Å². The summed E-state index contributed by atoms with van der Waals surface area (Å²) in [7, 11) is 1.91. The number of nitrogens with one attached hydrogen (secondary N) is 1. The number of guanidine groups is 1. The normalized spacial score (nSPS) is 30.2. The lowest BCUT2D eigenvalue weighted by molar-refractivity contribution is -0.0836. The first-order valence-corrected chi connectivity index (χ1v) is 10.8. The van der Waals surface area contributed by atoms with Crippen molar-refractivity contribution in [2.45, 2.75) is 46.1 Å². The van der Waals surface area contributed by atoms with Gasteiger partial charge in [-0.15, -0.1) is 24.0 Å². The Morgan fingerprint density at radius 2 is 1.86 bits per heavy atom. The minimum Gasteiger partial charge on any atom is -0.379 e. The van der Waals surface area contributed by atoms with E-state index in [2.05, 4.69) is 40.9 Å². The summed E-state index contributed by atoms with van der Waals surface area (Å²) < 4.78 is 11.6. The van der Waals surface area contributed by atoms with Crippen molar-refractivity contribution >= 4 is 29.9 Å². The quantitative estimate of drug-likeness (QED) is 0.360. The van der Waals surface area contributed by atoms with E-state index in [-0.39, 0.29) is 29.4 Å². The number of ether oxygens (including phenoxy) is 2. The molecule has 3 unspecified atom stereocenters. The molecular formula is C21H41IN4O2. The number of likely N-dealkylation sites (tertiary alicyclic amines) is 1. The molecule has 1 N–H and O–H groups in total. The van der Waals surface area contributed by atoms with Gasteiger partial charge in [0.2, 0.25) is 0 Å². The predicted octanol–water partition coefficient (Wildman–Crippen LogP) is 2.68. The monoisotopic (exact) mass is 508 g/mol. The van der Waals surface area contributed by atoms with Crippen LogP contribution in [0, 0.1) is 17.3 Å². The standard InChI is InChI=1S/C21H40N4O2.HI/c1-21(2,3)19-18(6-5-11-27-19)14-23-20(22-4)25-8-7-17(16-25)15-24-9-12-26-13-10-24;/h17-19H,5-16H2,1-4H3,(H,22,23);1H. The smallest absolute Gasteiger partial charge is 0.193 e. The van der Waals surface area contributed by atoms with Gasteiger partial charge >= 0.3 is 0 Å². The first-order chi connectivity index (χ1) is 13.0. The van der Waals surface area contributed by atoms with Gasteiger partial charge in [-0.3, -0.25) is 9.89 Å². The van der Waals surface area contributed by atoms with Crippen LogP contribution in [0.5, 0.6) is 0 Å². The van der Waals surface area contributed by atoms with Crippen LogP contribution in [0.1, 0.15) is 40.0 Å². The van der Waals surface area contributed by atoms with Gasteiger partial charge in [-0.25, -0.2) is 0 Å². The van der Waals surface area contributed by atoms with Gasteiger partial charge in [0.25, 0.3) is 0 Å². The van der Waals surface area contributed by atoms with Gasteiger partial charge in [-0.2, -0.15) is 0 Å². The van der Waals surface area contributed by atoms with E-state index in [0.717, 1.165) is 64.4 Å². The zero-order chi connectivity index (χ0) is 19.3. The number of hydrogen-bond acceptors (Lipinski definition) is 4. The highest BCUT2D eigenvalue weighted by Gasteiger charge is 2.36. The summed E-state index contributed by atoms with van der Waals surface area (Å²) in [6.07, 6.45) is 3.99. The maximum atomic E-state index is 6.14. The summed E-state index contributed by atoms with van der Waals surface area (Å²) in [6.45, 7) is 16.1. The molecule has 3 rings (SSSR count). The third kappa shape index (κ3) is 6.71. The third-order valence-corrected chi connectivity index (χ3v) is 6.24. The molecule has 3 aliphatic rings. The van der Waals surface area contributed by atoms with Gasteiger partial charge < -0.3 is 19.7 Å². The molecule has 164 valence electrons. The number of halogens is 1. The number of aliphatic imine (C=N–C) groups is 1. The fourth-order valence-electron chi connectivity index (χ4n) is 4.89. The van der Waals surface area contributed by atoms with Gasteiger partial charge in [0.05, 0.1) is 19.3 Å². The largest absolute Gasteiger partial charge is 0.379 e. The first-order valence-electron chi connectivity index (χ1n) is 10.8. The average molecular weight is 508 g/mol. The fourth-order valence-corrected chi connectivity index (χ4v) is 4.89.